The standard InChI is InChI=1S/C2H2O4.BH3O3.FH.Li.H/c3-1(4)2(5)6;2-1(3)4;;;/h(H,3,4)(H,5,6);2-4H;1H;;. The molecule has 0 rings (SSSR count). The Morgan fingerprint density at radius 1 is 0.917 bits per heavy atom. The van der Waals surface area contributed by atoms with Crippen molar-refractivity contribution in [1.29, 1.82) is 0 Å². The van der Waals surface area contributed by atoms with Gasteiger partial charge in [-0.3, -0.25) is 4.70 Å². The molecule has 0 spiro atoms. The first-order valence-corrected chi connectivity index (χ1v) is 1.88. The van der Waals surface area contributed by atoms with Gasteiger partial charge in [0.15, 0.2) is 0 Å². The summed E-state index contributed by atoms with van der Waals surface area (Å²) >= 11 is 0. The third kappa shape index (κ3) is 57.2. The number of hydrogen-bond donors (Lipinski definition) is 5. The van der Waals surface area contributed by atoms with E-state index in [1.54, 1.807) is 0 Å². The van der Waals surface area contributed by atoms with Crippen molar-refractivity contribution < 1.29 is 39.6 Å². The number of hydrogen-bond acceptors (Lipinski definition) is 5. The zero-order valence-electron chi connectivity index (χ0n) is 5.04. The second-order valence-corrected chi connectivity index (χ2v) is 0.957. The topological polar surface area (TPSA) is 135 Å². The molecule has 0 aromatic rings. The van der Waals surface area contributed by atoms with Gasteiger partial charge in [-0.2, -0.15) is 0 Å². The number of carbonyl (C=O) groups is 2. The second kappa shape index (κ2) is 13.0. The Morgan fingerprint density at radius 3 is 1.00 bits per heavy atom. The van der Waals surface area contributed by atoms with Crippen LogP contribution in [0.2, 0.25) is 0 Å². The van der Waals surface area contributed by atoms with Gasteiger partial charge < -0.3 is 25.3 Å². The van der Waals surface area contributed by atoms with Crippen LogP contribution in [0.25, 0.3) is 0 Å². The first-order valence-electron chi connectivity index (χ1n) is 1.88. The van der Waals surface area contributed by atoms with Gasteiger partial charge in [0, 0.05) is 0 Å². The molecule has 0 radical (unpaired) electrons. The summed E-state index contributed by atoms with van der Waals surface area (Å²) < 4.78 is 0. The first-order chi connectivity index (χ1) is 4.37. The molecule has 0 saturated heterocycles. The summed E-state index contributed by atoms with van der Waals surface area (Å²) in [6.07, 6.45) is 0. The summed E-state index contributed by atoms with van der Waals surface area (Å²) in [5, 5.41) is 36.3. The van der Waals surface area contributed by atoms with Gasteiger partial charge in [-0.05, 0) is 0 Å². The van der Waals surface area contributed by atoms with E-state index >= 15 is 0 Å². The van der Waals surface area contributed by atoms with Crippen molar-refractivity contribution in [2.24, 2.45) is 0 Å². The van der Waals surface area contributed by atoms with Crippen LogP contribution in [0.3, 0.4) is 0 Å². The zero-order chi connectivity index (χ0) is 8.73. The summed E-state index contributed by atoms with van der Waals surface area (Å²) in [7, 11) is -2.17. The molecule has 0 heterocycles. The monoisotopic (exact) mass is 180 g/mol. The molecule has 0 aromatic carbocycles. The van der Waals surface area contributed by atoms with Crippen LogP contribution in [-0.2, 0) is 9.59 Å². The van der Waals surface area contributed by atoms with Gasteiger partial charge >= 0.3 is 38.1 Å². The molecule has 0 unspecified atom stereocenters. The average molecular weight is 180 g/mol. The van der Waals surface area contributed by atoms with Crippen molar-refractivity contribution >= 4 is 38.1 Å². The van der Waals surface area contributed by atoms with Crippen molar-refractivity contribution in [3.63, 3.8) is 0 Å². The van der Waals surface area contributed by atoms with E-state index in [0.29, 0.717) is 0 Å². The molecule has 5 N–H and O–H groups in total. The number of carboxylic acid groups (broad SMARTS) is 2. The predicted octanol–water partition coefficient (Wildman–Crippen LogP) is -3.39. The van der Waals surface area contributed by atoms with Gasteiger partial charge in [-0.1, -0.05) is 0 Å². The molecule has 68 valence electrons. The fourth-order valence-electron chi connectivity index (χ4n) is 0. The Bertz CT molecular complexity index is 114. The molecule has 0 aliphatic carbocycles. The molecule has 10 heteroatoms. The molecule has 0 aliphatic rings. The van der Waals surface area contributed by atoms with E-state index in [1.165, 1.54) is 0 Å². The van der Waals surface area contributed by atoms with E-state index in [1.807, 2.05) is 0 Å². The average Bonchev–Trinajstić information content (AvgIpc) is 1.63. The molecule has 0 aromatic heterocycles. The van der Waals surface area contributed by atoms with Crippen LogP contribution in [0, 0.1) is 0 Å². The van der Waals surface area contributed by atoms with Crippen molar-refractivity contribution in [2.45, 2.75) is 0 Å². The van der Waals surface area contributed by atoms with Crippen molar-refractivity contribution in [1.82, 2.24) is 0 Å². The van der Waals surface area contributed by atoms with Crippen LogP contribution in [0.4, 0.5) is 4.70 Å². The number of halogens is 1. The van der Waals surface area contributed by atoms with E-state index in [4.69, 9.17) is 34.9 Å². The molecule has 0 fully saturated rings. The minimum absolute atomic E-state index is 0. The molecule has 0 amide bonds. The Labute approximate surface area is 78.4 Å². The third-order valence-electron chi connectivity index (χ3n) is 0.183. The van der Waals surface area contributed by atoms with E-state index in [2.05, 4.69) is 0 Å². The third-order valence-corrected chi connectivity index (χ3v) is 0.183. The van der Waals surface area contributed by atoms with Crippen molar-refractivity contribution in [3.05, 3.63) is 0 Å². The van der Waals surface area contributed by atoms with E-state index in [-0.39, 0.29) is 23.6 Å². The van der Waals surface area contributed by atoms with Gasteiger partial charge in [-0.25, -0.2) is 9.59 Å². The zero-order valence-corrected chi connectivity index (χ0v) is 5.04. The number of carboxylic acids is 2. The Morgan fingerprint density at radius 2 is 1.00 bits per heavy atom. The SMILES string of the molecule is F.O=C(O)C(=O)O.OB(O)O.[LiH]. The van der Waals surface area contributed by atoms with Gasteiger partial charge in [0.05, 0.1) is 0 Å². The van der Waals surface area contributed by atoms with Crippen LogP contribution in [0.1, 0.15) is 0 Å². The number of aliphatic carboxylic acids is 2. The van der Waals surface area contributed by atoms with Crippen LogP contribution < -0.4 is 0 Å². The molecule has 0 atom stereocenters. The van der Waals surface area contributed by atoms with Crippen LogP contribution in [0.15, 0.2) is 0 Å². The van der Waals surface area contributed by atoms with Gasteiger partial charge in [0.2, 0.25) is 0 Å². The predicted molar refractivity (Wildman–Crippen MR) is 37.3 cm³/mol. The molecule has 0 saturated carbocycles. The fraction of sp³-hybridized carbons (Fsp3) is 0. The molecule has 7 nitrogen and oxygen atoms in total. The Hall–Kier alpha value is -0.588. The Balaban J connectivity index is -0.0000000483. The van der Waals surface area contributed by atoms with E-state index in [0.717, 1.165) is 0 Å². The van der Waals surface area contributed by atoms with Crippen molar-refractivity contribution in [3.8, 4) is 0 Å². The summed E-state index contributed by atoms with van der Waals surface area (Å²) in [5.41, 5.74) is 0. The normalized spacial score (nSPS) is 5.92. The van der Waals surface area contributed by atoms with Crippen LogP contribution >= 0.6 is 0 Å². The molecular weight excluding hydrogens is 173 g/mol. The van der Waals surface area contributed by atoms with Gasteiger partial charge in [-0.15, -0.1) is 0 Å². The maximum atomic E-state index is 9.10. The molecule has 12 heavy (non-hydrogen) atoms. The van der Waals surface area contributed by atoms with E-state index in [9.17, 15) is 0 Å². The van der Waals surface area contributed by atoms with Crippen molar-refractivity contribution in [2.75, 3.05) is 0 Å². The van der Waals surface area contributed by atoms with Gasteiger partial charge in [0.1, 0.15) is 0 Å². The number of rotatable bonds is 0. The first kappa shape index (κ1) is 22.5. The van der Waals surface area contributed by atoms with Gasteiger partial charge in [0.25, 0.3) is 0 Å². The Kier molecular flexibility index (Phi) is 24.5. The van der Waals surface area contributed by atoms with Crippen LogP contribution in [0.5, 0.6) is 0 Å². The molecular formula is C2H7BFLiO7. The summed E-state index contributed by atoms with van der Waals surface area (Å²) in [6, 6.07) is 0. The minimum atomic E-state index is -2.17. The fourth-order valence-corrected chi connectivity index (χ4v) is 0. The maximum absolute atomic E-state index is 9.10. The summed E-state index contributed by atoms with van der Waals surface area (Å²) in [5.74, 6) is -3.65. The second-order valence-electron chi connectivity index (χ2n) is 0.957. The molecule has 0 bridgehead atoms. The van der Waals surface area contributed by atoms with E-state index < -0.39 is 19.3 Å². The molecule has 0 aliphatic heterocycles. The summed E-state index contributed by atoms with van der Waals surface area (Å²) in [6.45, 7) is 0. The quantitative estimate of drug-likeness (QED) is 0.193. The summed E-state index contributed by atoms with van der Waals surface area (Å²) in [4.78, 5) is 18.2. The van der Waals surface area contributed by atoms with Crippen LogP contribution in [-0.4, -0.2) is 63.4 Å².